The van der Waals surface area contributed by atoms with Crippen LogP contribution in [0.5, 0.6) is 0 Å². The summed E-state index contributed by atoms with van der Waals surface area (Å²) in [5.41, 5.74) is 0.590. The second-order valence-corrected chi connectivity index (χ2v) is 7.33. The van der Waals surface area contributed by atoms with Crippen molar-refractivity contribution in [3.05, 3.63) is 71.0 Å². The Hall–Kier alpha value is -2.45. The molecule has 0 fully saturated rings. The van der Waals surface area contributed by atoms with Gasteiger partial charge in [-0.2, -0.15) is 8.42 Å². The molecule has 0 unspecified atom stereocenters. The minimum atomic E-state index is -4.13. The van der Waals surface area contributed by atoms with E-state index >= 15 is 0 Å². The normalized spacial score (nSPS) is 11.5. The smallest absolute Gasteiger partial charge is 0.277 e. The van der Waals surface area contributed by atoms with E-state index in [1.54, 1.807) is 19.2 Å². The Balaban J connectivity index is 2.03. The predicted molar refractivity (Wildman–Crippen MR) is 90.5 cm³/mol. The van der Waals surface area contributed by atoms with Crippen molar-refractivity contribution in [2.75, 3.05) is 4.72 Å². The average molecular weight is 384 g/mol. The van der Waals surface area contributed by atoms with Crippen LogP contribution in [0.25, 0.3) is 5.82 Å². The zero-order valence-electron chi connectivity index (χ0n) is 12.9. The molecule has 0 atom stereocenters. The van der Waals surface area contributed by atoms with Crippen LogP contribution in [0.4, 0.5) is 14.5 Å². The van der Waals surface area contributed by atoms with Crippen LogP contribution in [0.1, 0.15) is 5.56 Å². The standard InChI is InChI=1S/C16H12ClF2N3O2S/c1-10-5-14(17)16(20-9-10)22-4-2-3-15(22)25(23,24)21-13-7-11(18)6-12(19)8-13/h2-9,21H,1H3. The number of aryl methyl sites for hydroxylation is 1. The zero-order valence-corrected chi connectivity index (χ0v) is 14.4. The second kappa shape index (κ2) is 6.45. The highest BCUT2D eigenvalue weighted by Crippen LogP contribution is 2.25. The zero-order chi connectivity index (χ0) is 18.2. The number of nitrogens with zero attached hydrogens (tertiary/aromatic N) is 2. The van der Waals surface area contributed by atoms with Gasteiger partial charge in [-0.15, -0.1) is 0 Å². The molecule has 9 heteroatoms. The van der Waals surface area contributed by atoms with Gasteiger partial charge in [0, 0.05) is 18.5 Å². The van der Waals surface area contributed by atoms with Crippen LogP contribution in [0.15, 0.2) is 53.8 Å². The van der Waals surface area contributed by atoms with Gasteiger partial charge < -0.3 is 0 Å². The SMILES string of the molecule is Cc1cnc(-n2cccc2S(=O)(=O)Nc2cc(F)cc(F)c2)c(Cl)c1. The van der Waals surface area contributed by atoms with Crippen molar-refractivity contribution in [3.8, 4) is 5.82 Å². The summed E-state index contributed by atoms with van der Waals surface area (Å²) >= 11 is 6.15. The van der Waals surface area contributed by atoms with Crippen LogP contribution in [-0.2, 0) is 10.0 Å². The van der Waals surface area contributed by atoms with Gasteiger partial charge in [-0.3, -0.25) is 9.29 Å². The summed E-state index contributed by atoms with van der Waals surface area (Å²) in [5, 5.41) is 0.0971. The molecule has 0 radical (unpaired) electrons. The Bertz CT molecular complexity index is 1030. The molecule has 0 aliphatic heterocycles. The van der Waals surface area contributed by atoms with Crippen molar-refractivity contribution in [1.29, 1.82) is 0 Å². The first-order valence-electron chi connectivity index (χ1n) is 7.05. The van der Waals surface area contributed by atoms with Gasteiger partial charge in [-0.1, -0.05) is 11.6 Å². The van der Waals surface area contributed by atoms with Gasteiger partial charge in [0.15, 0.2) is 10.8 Å². The number of nitrogens with one attached hydrogen (secondary N) is 1. The van der Waals surface area contributed by atoms with E-state index in [1.165, 1.54) is 22.9 Å². The topological polar surface area (TPSA) is 64.0 Å². The van der Waals surface area contributed by atoms with Crippen molar-refractivity contribution >= 4 is 27.3 Å². The third-order valence-corrected chi connectivity index (χ3v) is 4.95. The molecule has 0 amide bonds. The van der Waals surface area contributed by atoms with Gasteiger partial charge in [0.25, 0.3) is 10.0 Å². The van der Waals surface area contributed by atoms with E-state index in [9.17, 15) is 17.2 Å². The Morgan fingerprint density at radius 1 is 1.16 bits per heavy atom. The lowest BCUT2D eigenvalue weighted by molar-refractivity contribution is 0.583. The number of aromatic nitrogens is 2. The summed E-state index contributed by atoms with van der Waals surface area (Å²) in [6.45, 7) is 1.80. The van der Waals surface area contributed by atoms with Crippen molar-refractivity contribution in [2.24, 2.45) is 0 Å². The van der Waals surface area contributed by atoms with E-state index in [2.05, 4.69) is 9.71 Å². The lowest BCUT2D eigenvalue weighted by Gasteiger charge is -2.12. The highest BCUT2D eigenvalue weighted by molar-refractivity contribution is 7.92. The average Bonchev–Trinajstić information content (AvgIpc) is 2.95. The molecule has 0 bridgehead atoms. The van der Waals surface area contributed by atoms with Crippen LogP contribution in [0, 0.1) is 18.6 Å². The second-order valence-electron chi connectivity index (χ2n) is 5.30. The number of hydrogen-bond donors (Lipinski definition) is 1. The third-order valence-electron chi connectivity index (χ3n) is 3.29. The van der Waals surface area contributed by atoms with E-state index < -0.39 is 21.7 Å². The van der Waals surface area contributed by atoms with Crippen LogP contribution < -0.4 is 4.72 Å². The van der Waals surface area contributed by atoms with Gasteiger partial charge >= 0.3 is 0 Å². The molecule has 5 nitrogen and oxygen atoms in total. The van der Waals surface area contributed by atoms with Gasteiger partial charge in [0.1, 0.15) is 11.6 Å². The highest BCUT2D eigenvalue weighted by Gasteiger charge is 2.21. The lowest BCUT2D eigenvalue weighted by Crippen LogP contribution is -2.17. The van der Waals surface area contributed by atoms with Crippen LogP contribution in [-0.4, -0.2) is 18.0 Å². The lowest BCUT2D eigenvalue weighted by atomic mass is 10.3. The van der Waals surface area contributed by atoms with Gasteiger partial charge in [-0.05, 0) is 42.8 Å². The first-order valence-corrected chi connectivity index (χ1v) is 8.91. The largest absolute Gasteiger partial charge is 0.289 e. The van der Waals surface area contributed by atoms with E-state index in [0.29, 0.717) is 6.07 Å². The van der Waals surface area contributed by atoms with E-state index in [4.69, 9.17) is 11.6 Å². The number of rotatable bonds is 4. The van der Waals surface area contributed by atoms with Gasteiger partial charge in [0.2, 0.25) is 0 Å². The molecular weight excluding hydrogens is 372 g/mol. The Labute approximate surface area is 147 Å². The fourth-order valence-corrected chi connectivity index (χ4v) is 3.79. The summed E-state index contributed by atoms with van der Waals surface area (Å²) in [6, 6.07) is 6.89. The maximum Gasteiger partial charge on any atom is 0.277 e. The molecule has 0 saturated heterocycles. The summed E-state index contributed by atoms with van der Waals surface area (Å²) in [4.78, 5) is 4.15. The fourth-order valence-electron chi connectivity index (χ4n) is 2.28. The Morgan fingerprint density at radius 2 is 1.84 bits per heavy atom. The maximum atomic E-state index is 13.3. The molecule has 1 N–H and O–H groups in total. The molecule has 2 aromatic heterocycles. The summed E-state index contributed by atoms with van der Waals surface area (Å²) < 4.78 is 55.2. The minimum absolute atomic E-state index is 0.171. The molecule has 25 heavy (non-hydrogen) atoms. The van der Waals surface area contributed by atoms with Crippen LogP contribution >= 0.6 is 11.6 Å². The van der Waals surface area contributed by atoms with Crippen molar-refractivity contribution in [1.82, 2.24) is 9.55 Å². The molecule has 0 spiro atoms. The monoisotopic (exact) mass is 383 g/mol. The number of pyridine rings is 1. The Morgan fingerprint density at radius 3 is 2.48 bits per heavy atom. The number of hydrogen-bond acceptors (Lipinski definition) is 3. The van der Waals surface area contributed by atoms with Gasteiger partial charge in [0.05, 0.1) is 10.7 Å². The highest BCUT2D eigenvalue weighted by atomic mass is 35.5. The number of halogens is 3. The quantitative estimate of drug-likeness (QED) is 0.742. The van der Waals surface area contributed by atoms with E-state index in [0.717, 1.165) is 17.7 Å². The number of benzene rings is 1. The molecule has 3 rings (SSSR count). The molecule has 0 aliphatic carbocycles. The first-order chi connectivity index (χ1) is 11.8. The molecule has 0 saturated carbocycles. The molecule has 2 heterocycles. The van der Waals surface area contributed by atoms with Crippen molar-refractivity contribution < 1.29 is 17.2 Å². The van der Waals surface area contributed by atoms with Crippen LogP contribution in [0.3, 0.4) is 0 Å². The first kappa shape index (κ1) is 17.4. The number of anilines is 1. The fraction of sp³-hybridized carbons (Fsp3) is 0.0625. The van der Waals surface area contributed by atoms with Crippen molar-refractivity contribution in [2.45, 2.75) is 11.9 Å². The molecular formula is C16H12ClF2N3O2S. The van der Waals surface area contributed by atoms with Crippen LogP contribution in [0.2, 0.25) is 5.02 Å². The summed E-state index contributed by atoms with van der Waals surface area (Å²) in [6.07, 6.45) is 3.03. The third kappa shape index (κ3) is 3.64. The summed E-state index contributed by atoms with van der Waals surface area (Å²) in [7, 11) is -4.13. The van der Waals surface area contributed by atoms with E-state index in [1.807, 2.05) is 0 Å². The molecule has 1 aromatic carbocycles. The predicted octanol–water partition coefficient (Wildman–Crippen LogP) is 3.91. The molecule has 130 valence electrons. The Kier molecular flexibility index (Phi) is 4.49. The number of sulfonamides is 1. The van der Waals surface area contributed by atoms with Crippen molar-refractivity contribution in [3.63, 3.8) is 0 Å². The molecule has 0 aliphatic rings. The van der Waals surface area contributed by atoms with E-state index in [-0.39, 0.29) is 21.6 Å². The molecule has 3 aromatic rings. The maximum absolute atomic E-state index is 13.3. The minimum Gasteiger partial charge on any atom is -0.289 e. The van der Waals surface area contributed by atoms with Gasteiger partial charge in [-0.25, -0.2) is 13.8 Å². The summed E-state index contributed by atoms with van der Waals surface area (Å²) in [5.74, 6) is -1.56.